The number of fused-ring (bicyclic) bond motifs is 2. The number of amides is 1. The number of halogens is 2. The Morgan fingerprint density at radius 3 is 2.72 bits per heavy atom. The molecule has 8 nitrogen and oxygen atoms in total. The van der Waals surface area contributed by atoms with Gasteiger partial charge in [0.1, 0.15) is 5.75 Å². The maximum Gasteiger partial charge on any atom is 0.307 e. The second kappa shape index (κ2) is 9.81. The maximum absolute atomic E-state index is 12.5. The van der Waals surface area contributed by atoms with Crippen molar-refractivity contribution in [3.05, 3.63) is 45.2 Å². The molecule has 1 aliphatic rings. The van der Waals surface area contributed by atoms with Crippen LogP contribution < -0.4 is 19.0 Å². The second-order valence-electron chi connectivity index (χ2n) is 6.63. The van der Waals surface area contributed by atoms with Crippen LogP contribution in [-0.4, -0.2) is 36.5 Å². The topological polar surface area (TPSA) is 88.4 Å². The number of hydrogen-bond acceptors (Lipinski definition) is 7. The van der Waals surface area contributed by atoms with Gasteiger partial charge >= 0.3 is 5.97 Å². The Labute approximate surface area is 196 Å². The van der Waals surface area contributed by atoms with E-state index in [0.29, 0.717) is 38.7 Å². The van der Waals surface area contributed by atoms with Crippen molar-refractivity contribution in [2.75, 3.05) is 20.0 Å². The fourth-order valence-electron chi connectivity index (χ4n) is 3.07. The normalized spacial score (nSPS) is 12.9. The molecule has 0 saturated carbocycles. The minimum absolute atomic E-state index is 0.131. The van der Waals surface area contributed by atoms with Crippen molar-refractivity contribution in [1.82, 2.24) is 4.57 Å². The number of hydrogen-bond donors (Lipinski definition) is 0. The van der Waals surface area contributed by atoms with Gasteiger partial charge in [-0.1, -0.05) is 34.5 Å². The van der Waals surface area contributed by atoms with Gasteiger partial charge in [0, 0.05) is 23.7 Å². The number of aromatic nitrogens is 1. The summed E-state index contributed by atoms with van der Waals surface area (Å²) in [6.45, 7) is 2.17. The van der Waals surface area contributed by atoms with E-state index in [1.165, 1.54) is 17.4 Å². The van der Waals surface area contributed by atoms with Crippen LogP contribution in [0.15, 0.2) is 35.3 Å². The van der Waals surface area contributed by atoms with Crippen LogP contribution in [0.25, 0.3) is 10.2 Å². The molecule has 2 aromatic carbocycles. The molecule has 0 saturated heterocycles. The lowest BCUT2D eigenvalue weighted by Gasteiger charge is -2.07. The zero-order valence-electron chi connectivity index (χ0n) is 16.9. The summed E-state index contributed by atoms with van der Waals surface area (Å²) in [5.74, 6) is 0.705. The summed E-state index contributed by atoms with van der Waals surface area (Å²) < 4.78 is 24.0. The largest absolute Gasteiger partial charge is 0.482 e. The highest BCUT2D eigenvalue weighted by atomic mass is 35.5. The fraction of sp³-hybridized carbons (Fsp3) is 0.286. The fourth-order valence-corrected chi connectivity index (χ4v) is 4.61. The van der Waals surface area contributed by atoms with E-state index in [9.17, 15) is 9.59 Å². The molecule has 0 bridgehead atoms. The van der Waals surface area contributed by atoms with Crippen molar-refractivity contribution < 1.29 is 28.5 Å². The van der Waals surface area contributed by atoms with E-state index in [-0.39, 0.29) is 32.3 Å². The summed E-state index contributed by atoms with van der Waals surface area (Å²) in [6.07, 6.45) is 0.131. The summed E-state index contributed by atoms with van der Waals surface area (Å²) in [5, 5.41) is 0.761. The molecule has 11 heteroatoms. The molecule has 32 heavy (non-hydrogen) atoms. The van der Waals surface area contributed by atoms with Gasteiger partial charge < -0.3 is 23.5 Å². The Balaban J connectivity index is 1.62. The van der Waals surface area contributed by atoms with E-state index in [0.717, 1.165) is 10.2 Å². The number of carbonyl (C=O) groups is 2. The van der Waals surface area contributed by atoms with Crippen LogP contribution in [0.4, 0.5) is 0 Å². The molecular weight excluding hydrogens is 479 g/mol. The van der Waals surface area contributed by atoms with E-state index in [1.807, 2.05) is 12.1 Å². The lowest BCUT2D eigenvalue weighted by Crippen LogP contribution is -2.21. The predicted octanol–water partition coefficient (Wildman–Crippen LogP) is 4.20. The number of thiazole rings is 1. The third-order valence-corrected chi connectivity index (χ3v) is 6.06. The Morgan fingerprint density at radius 1 is 1.19 bits per heavy atom. The summed E-state index contributed by atoms with van der Waals surface area (Å²) >= 11 is 13.2. The van der Waals surface area contributed by atoms with E-state index in [2.05, 4.69) is 4.99 Å². The van der Waals surface area contributed by atoms with Crippen molar-refractivity contribution in [2.24, 2.45) is 4.99 Å². The maximum atomic E-state index is 12.5. The lowest BCUT2D eigenvalue weighted by atomic mass is 10.3. The number of carbonyl (C=O) groups excluding carboxylic acids is 2. The third kappa shape index (κ3) is 5.01. The zero-order valence-corrected chi connectivity index (χ0v) is 19.3. The molecule has 0 N–H and O–H groups in total. The molecule has 0 atom stereocenters. The highest BCUT2D eigenvalue weighted by Crippen LogP contribution is 2.37. The minimum atomic E-state index is -0.507. The van der Waals surface area contributed by atoms with Crippen LogP contribution in [0.2, 0.25) is 10.0 Å². The minimum Gasteiger partial charge on any atom is -0.482 e. The van der Waals surface area contributed by atoms with E-state index < -0.39 is 5.91 Å². The van der Waals surface area contributed by atoms with Crippen LogP contribution >= 0.6 is 34.5 Å². The van der Waals surface area contributed by atoms with Gasteiger partial charge in [-0.05, 0) is 25.1 Å². The van der Waals surface area contributed by atoms with Crippen LogP contribution in [0.3, 0.4) is 0 Å². The molecule has 168 valence electrons. The molecule has 0 aliphatic carbocycles. The Morgan fingerprint density at radius 2 is 1.97 bits per heavy atom. The monoisotopic (exact) mass is 496 g/mol. The van der Waals surface area contributed by atoms with Gasteiger partial charge in [-0.15, -0.1) is 0 Å². The van der Waals surface area contributed by atoms with Gasteiger partial charge in [-0.25, -0.2) is 0 Å². The Hall–Kier alpha value is -2.75. The number of nitrogens with zero attached hydrogens (tertiary/aromatic N) is 2. The molecular formula is C21H18Cl2N2O6S. The van der Waals surface area contributed by atoms with Gasteiger partial charge in [0.15, 0.2) is 22.9 Å². The number of aryl methyl sites for hydroxylation is 1. The van der Waals surface area contributed by atoms with Gasteiger partial charge in [0.25, 0.3) is 5.91 Å². The lowest BCUT2D eigenvalue weighted by molar-refractivity contribution is -0.143. The van der Waals surface area contributed by atoms with Crippen LogP contribution in [0.1, 0.15) is 13.3 Å². The average molecular weight is 497 g/mol. The van der Waals surface area contributed by atoms with Crippen molar-refractivity contribution in [2.45, 2.75) is 19.9 Å². The molecule has 4 rings (SSSR count). The van der Waals surface area contributed by atoms with Crippen molar-refractivity contribution >= 4 is 56.6 Å². The first-order valence-electron chi connectivity index (χ1n) is 9.68. The van der Waals surface area contributed by atoms with Crippen LogP contribution in [0.5, 0.6) is 17.2 Å². The molecule has 1 aliphatic heterocycles. The van der Waals surface area contributed by atoms with E-state index in [1.54, 1.807) is 23.6 Å². The number of esters is 1. The summed E-state index contributed by atoms with van der Waals surface area (Å²) in [7, 11) is 0. The van der Waals surface area contributed by atoms with Gasteiger partial charge in [-0.3, -0.25) is 9.59 Å². The first-order chi connectivity index (χ1) is 15.4. The molecule has 1 amide bonds. The molecule has 0 fully saturated rings. The highest BCUT2D eigenvalue weighted by Gasteiger charge is 2.18. The van der Waals surface area contributed by atoms with Crippen LogP contribution in [0, 0.1) is 0 Å². The van der Waals surface area contributed by atoms with Crippen LogP contribution in [-0.2, 0) is 20.9 Å². The summed E-state index contributed by atoms with van der Waals surface area (Å²) in [4.78, 5) is 29.0. The number of ether oxygens (including phenoxy) is 4. The Bertz CT molecular complexity index is 1250. The predicted molar refractivity (Wildman–Crippen MR) is 120 cm³/mol. The van der Waals surface area contributed by atoms with Gasteiger partial charge in [-0.2, -0.15) is 4.99 Å². The zero-order chi connectivity index (χ0) is 22.7. The molecule has 2 heterocycles. The number of rotatable bonds is 7. The standard InChI is InChI=1S/C21H18Cl2N2O6S/c1-2-28-20(27)5-6-25-14-8-16-17(31-11-30-16)9-18(14)32-21(25)24-19(26)10-29-15-4-3-12(22)7-13(15)23/h3-4,7-9H,2,5-6,10-11H2,1H3. The van der Waals surface area contributed by atoms with Gasteiger partial charge in [0.05, 0.1) is 28.3 Å². The van der Waals surface area contributed by atoms with Gasteiger partial charge in [0.2, 0.25) is 6.79 Å². The Kier molecular flexibility index (Phi) is 6.88. The SMILES string of the molecule is CCOC(=O)CCn1c(=NC(=O)COc2ccc(Cl)cc2Cl)sc2cc3c(cc21)OCO3. The van der Waals surface area contributed by atoms with Crippen molar-refractivity contribution in [1.29, 1.82) is 0 Å². The smallest absolute Gasteiger partial charge is 0.307 e. The quantitative estimate of drug-likeness (QED) is 0.455. The first kappa shape index (κ1) is 22.4. The summed E-state index contributed by atoms with van der Waals surface area (Å²) in [6, 6.07) is 8.36. The van der Waals surface area contributed by atoms with E-state index >= 15 is 0 Å². The highest BCUT2D eigenvalue weighted by molar-refractivity contribution is 7.16. The second-order valence-corrected chi connectivity index (χ2v) is 8.49. The third-order valence-electron chi connectivity index (χ3n) is 4.49. The van der Waals surface area contributed by atoms with Crippen molar-refractivity contribution in [3.8, 4) is 17.2 Å². The average Bonchev–Trinajstić information content (AvgIpc) is 3.33. The molecule has 3 aromatic rings. The molecule has 0 spiro atoms. The molecule has 0 radical (unpaired) electrons. The molecule has 0 unspecified atom stereocenters. The van der Waals surface area contributed by atoms with Crippen molar-refractivity contribution in [3.63, 3.8) is 0 Å². The molecule has 1 aromatic heterocycles. The first-order valence-corrected chi connectivity index (χ1v) is 11.3. The van der Waals surface area contributed by atoms with E-state index in [4.69, 9.17) is 42.1 Å². The number of benzene rings is 2. The summed E-state index contributed by atoms with van der Waals surface area (Å²) in [5.41, 5.74) is 0.775.